The van der Waals surface area contributed by atoms with Crippen molar-refractivity contribution in [1.29, 1.82) is 0 Å². The molecule has 4 aromatic rings. The highest BCUT2D eigenvalue weighted by Crippen LogP contribution is 2.31. The zero-order valence-corrected chi connectivity index (χ0v) is 20.2. The highest BCUT2D eigenvalue weighted by Gasteiger charge is 2.15. The number of carbonyl (C=O) groups is 1. The summed E-state index contributed by atoms with van der Waals surface area (Å²) >= 11 is 2.82. The van der Waals surface area contributed by atoms with E-state index in [1.807, 2.05) is 35.1 Å². The minimum absolute atomic E-state index is 0.111. The van der Waals surface area contributed by atoms with Gasteiger partial charge in [0.05, 0.1) is 18.0 Å². The van der Waals surface area contributed by atoms with Crippen molar-refractivity contribution in [3.63, 3.8) is 0 Å². The van der Waals surface area contributed by atoms with Crippen LogP contribution in [0.5, 0.6) is 0 Å². The molecule has 0 bridgehead atoms. The highest BCUT2D eigenvalue weighted by molar-refractivity contribution is 7.99. The molecule has 0 saturated heterocycles. The van der Waals surface area contributed by atoms with Gasteiger partial charge in [-0.2, -0.15) is 0 Å². The Morgan fingerprint density at radius 2 is 1.78 bits per heavy atom. The number of hydrogen-bond acceptors (Lipinski definition) is 6. The molecule has 32 heavy (non-hydrogen) atoms. The fraction of sp³-hybridized carbons (Fsp3) is 0.250. The van der Waals surface area contributed by atoms with Crippen molar-refractivity contribution in [1.82, 2.24) is 19.7 Å². The van der Waals surface area contributed by atoms with Crippen LogP contribution in [0.25, 0.3) is 11.3 Å². The highest BCUT2D eigenvalue weighted by atomic mass is 32.2. The molecule has 0 aliphatic carbocycles. The van der Waals surface area contributed by atoms with Crippen LogP contribution in [0.1, 0.15) is 28.1 Å². The number of rotatable bonds is 7. The maximum atomic E-state index is 12.6. The van der Waals surface area contributed by atoms with Crippen molar-refractivity contribution in [3.05, 3.63) is 75.9 Å². The van der Waals surface area contributed by atoms with Crippen LogP contribution in [0.4, 0.5) is 5.13 Å². The van der Waals surface area contributed by atoms with Crippen molar-refractivity contribution in [2.45, 2.75) is 39.4 Å². The molecule has 2 aromatic carbocycles. The second kappa shape index (κ2) is 9.67. The van der Waals surface area contributed by atoms with Gasteiger partial charge in [0.25, 0.3) is 0 Å². The molecular weight excluding hydrogens is 438 g/mol. The van der Waals surface area contributed by atoms with Gasteiger partial charge in [0.15, 0.2) is 10.3 Å². The van der Waals surface area contributed by atoms with E-state index in [9.17, 15) is 4.79 Å². The molecule has 0 saturated carbocycles. The lowest BCUT2D eigenvalue weighted by Gasteiger charge is -2.09. The number of amides is 1. The van der Waals surface area contributed by atoms with E-state index in [2.05, 4.69) is 65.5 Å². The molecule has 6 nitrogen and oxygen atoms in total. The number of benzene rings is 2. The van der Waals surface area contributed by atoms with Crippen molar-refractivity contribution < 1.29 is 4.79 Å². The second-order valence-electron chi connectivity index (χ2n) is 7.75. The number of thioether (sulfide) groups is 1. The zero-order valence-electron chi connectivity index (χ0n) is 18.5. The molecule has 164 valence electrons. The summed E-state index contributed by atoms with van der Waals surface area (Å²) < 4.78 is 2.03. The van der Waals surface area contributed by atoms with Gasteiger partial charge in [0.1, 0.15) is 5.82 Å². The molecule has 0 unspecified atom stereocenters. The molecule has 0 aliphatic rings. The van der Waals surface area contributed by atoms with Crippen LogP contribution in [0.15, 0.2) is 53.0 Å². The summed E-state index contributed by atoms with van der Waals surface area (Å²) in [5, 5.41) is 14.7. The summed E-state index contributed by atoms with van der Waals surface area (Å²) in [6, 6.07) is 14.5. The third kappa shape index (κ3) is 5.08. The van der Waals surface area contributed by atoms with Crippen LogP contribution in [-0.4, -0.2) is 31.4 Å². The fourth-order valence-corrected chi connectivity index (χ4v) is 5.23. The van der Waals surface area contributed by atoms with Crippen LogP contribution >= 0.6 is 23.1 Å². The van der Waals surface area contributed by atoms with Crippen LogP contribution < -0.4 is 5.32 Å². The SMILES string of the molecule is Cc1cc(C)c(-c2csc(NC(=O)CSc3nnc(C)n3Cc3ccccc3)n2)c(C)c1. The van der Waals surface area contributed by atoms with Gasteiger partial charge in [-0.25, -0.2) is 4.98 Å². The zero-order chi connectivity index (χ0) is 22.7. The van der Waals surface area contributed by atoms with E-state index in [1.165, 1.54) is 45.4 Å². The van der Waals surface area contributed by atoms with Gasteiger partial charge in [-0.3, -0.25) is 4.79 Å². The lowest BCUT2D eigenvalue weighted by molar-refractivity contribution is -0.113. The topological polar surface area (TPSA) is 72.7 Å². The lowest BCUT2D eigenvalue weighted by atomic mass is 9.98. The monoisotopic (exact) mass is 463 g/mol. The van der Waals surface area contributed by atoms with Gasteiger partial charge < -0.3 is 9.88 Å². The van der Waals surface area contributed by atoms with Gasteiger partial charge in [-0.05, 0) is 44.4 Å². The Hall–Kier alpha value is -2.97. The third-order valence-electron chi connectivity index (χ3n) is 5.10. The van der Waals surface area contributed by atoms with Gasteiger partial charge in [0, 0.05) is 10.9 Å². The van der Waals surface area contributed by atoms with Gasteiger partial charge in [-0.15, -0.1) is 21.5 Å². The average molecular weight is 464 g/mol. The maximum Gasteiger partial charge on any atom is 0.236 e. The molecular formula is C24H25N5OS2. The van der Waals surface area contributed by atoms with Crippen molar-refractivity contribution in [2.75, 3.05) is 11.1 Å². The molecule has 0 radical (unpaired) electrons. The van der Waals surface area contributed by atoms with Gasteiger partial charge >= 0.3 is 0 Å². The number of hydrogen-bond donors (Lipinski definition) is 1. The van der Waals surface area contributed by atoms with Crippen LogP contribution in [0.2, 0.25) is 0 Å². The molecule has 0 spiro atoms. The lowest BCUT2D eigenvalue weighted by Crippen LogP contribution is -2.14. The molecule has 0 atom stereocenters. The van der Waals surface area contributed by atoms with Crippen LogP contribution in [0.3, 0.4) is 0 Å². The van der Waals surface area contributed by atoms with Crippen LogP contribution in [-0.2, 0) is 11.3 Å². The second-order valence-corrected chi connectivity index (χ2v) is 9.55. The quantitative estimate of drug-likeness (QED) is 0.371. The molecule has 4 rings (SSSR count). The van der Waals surface area contributed by atoms with E-state index in [0.29, 0.717) is 11.7 Å². The number of aryl methyl sites for hydroxylation is 4. The standard InChI is InChI=1S/C24H25N5OS2/c1-15-10-16(2)22(17(3)11-15)20-13-31-23(25-20)26-21(30)14-32-24-28-27-18(4)29(24)12-19-8-6-5-7-9-19/h5-11,13H,12,14H2,1-4H3,(H,25,26,30). The van der Waals surface area contributed by atoms with Crippen molar-refractivity contribution in [2.24, 2.45) is 0 Å². The number of nitrogens with one attached hydrogen (secondary N) is 1. The first-order valence-electron chi connectivity index (χ1n) is 10.3. The Balaban J connectivity index is 1.40. The predicted octanol–water partition coefficient (Wildman–Crippen LogP) is 5.41. The van der Waals surface area contributed by atoms with Crippen molar-refractivity contribution >= 4 is 34.1 Å². The number of nitrogens with zero attached hydrogens (tertiary/aromatic N) is 4. The Kier molecular flexibility index (Phi) is 6.72. The minimum atomic E-state index is -0.111. The van der Waals surface area contributed by atoms with Gasteiger partial charge in [-0.1, -0.05) is 59.8 Å². The molecule has 1 amide bonds. The normalized spacial score (nSPS) is 11.0. The Morgan fingerprint density at radius 3 is 2.50 bits per heavy atom. The summed E-state index contributed by atoms with van der Waals surface area (Å²) in [4.78, 5) is 17.2. The van der Waals surface area contributed by atoms with E-state index in [4.69, 9.17) is 0 Å². The van der Waals surface area contributed by atoms with Gasteiger partial charge in [0.2, 0.25) is 5.91 Å². The summed E-state index contributed by atoms with van der Waals surface area (Å²) in [6.45, 7) is 8.88. The Morgan fingerprint density at radius 1 is 1.06 bits per heavy atom. The van der Waals surface area contributed by atoms with E-state index in [0.717, 1.165) is 22.2 Å². The molecule has 2 heterocycles. The first kappa shape index (κ1) is 22.2. The number of aromatic nitrogens is 4. The fourth-order valence-electron chi connectivity index (χ4n) is 3.73. The first-order valence-corrected chi connectivity index (χ1v) is 12.2. The Bertz CT molecular complexity index is 1220. The minimum Gasteiger partial charge on any atom is -0.302 e. The number of carbonyl (C=O) groups excluding carboxylic acids is 1. The molecule has 8 heteroatoms. The van der Waals surface area contributed by atoms with E-state index in [1.54, 1.807) is 0 Å². The summed E-state index contributed by atoms with van der Waals surface area (Å²) in [7, 11) is 0. The maximum absolute atomic E-state index is 12.6. The van der Waals surface area contributed by atoms with E-state index < -0.39 is 0 Å². The number of anilines is 1. The predicted molar refractivity (Wildman–Crippen MR) is 131 cm³/mol. The van der Waals surface area contributed by atoms with E-state index >= 15 is 0 Å². The smallest absolute Gasteiger partial charge is 0.236 e. The number of thiazole rings is 1. The molecule has 0 fully saturated rings. The molecule has 0 aliphatic heterocycles. The summed E-state index contributed by atoms with van der Waals surface area (Å²) in [5.74, 6) is 0.954. The van der Waals surface area contributed by atoms with E-state index in [-0.39, 0.29) is 11.7 Å². The van der Waals surface area contributed by atoms with Crippen LogP contribution in [0, 0.1) is 27.7 Å². The largest absolute Gasteiger partial charge is 0.302 e. The Labute approximate surface area is 196 Å². The average Bonchev–Trinajstić information content (AvgIpc) is 3.33. The summed E-state index contributed by atoms with van der Waals surface area (Å²) in [5.41, 5.74) is 6.81. The third-order valence-corrected chi connectivity index (χ3v) is 6.83. The molecule has 2 aromatic heterocycles. The summed E-state index contributed by atoms with van der Waals surface area (Å²) in [6.07, 6.45) is 0. The first-order chi connectivity index (χ1) is 15.4. The van der Waals surface area contributed by atoms with Crippen molar-refractivity contribution in [3.8, 4) is 11.3 Å². The molecule has 1 N–H and O–H groups in total.